The fourth-order valence-electron chi connectivity index (χ4n) is 5.49. The summed E-state index contributed by atoms with van der Waals surface area (Å²) < 4.78 is 6.22. The summed E-state index contributed by atoms with van der Waals surface area (Å²) in [7, 11) is 0. The van der Waals surface area contributed by atoms with E-state index in [1.165, 1.54) is 12.1 Å². The number of fused-ring (bicyclic) bond motifs is 4. The number of nitrogens with zero attached hydrogens (tertiary/aromatic N) is 1. The Morgan fingerprint density at radius 2 is 1.83 bits per heavy atom. The van der Waals surface area contributed by atoms with E-state index in [2.05, 4.69) is 43.4 Å². The molecule has 0 radical (unpaired) electrons. The number of hydrogen-bond acceptors (Lipinski definition) is 5. The molecular formula is C29H24N2O4. The number of Topliss-reactive ketones (excluding diaryl/α,β-unsaturated/α-hetero) is 1. The van der Waals surface area contributed by atoms with Gasteiger partial charge in [0.05, 0.1) is 4.92 Å². The molecule has 2 heterocycles. The second-order valence-corrected chi connectivity index (χ2v) is 10.1. The van der Waals surface area contributed by atoms with E-state index in [9.17, 15) is 14.9 Å². The van der Waals surface area contributed by atoms with Gasteiger partial charge in [-0.2, -0.15) is 0 Å². The lowest BCUT2D eigenvalue weighted by Crippen LogP contribution is -2.33. The van der Waals surface area contributed by atoms with Crippen molar-refractivity contribution in [2.75, 3.05) is 5.32 Å². The third kappa shape index (κ3) is 3.53. The van der Waals surface area contributed by atoms with Crippen LogP contribution in [0.4, 0.5) is 11.4 Å². The smallest absolute Gasteiger partial charge is 0.270 e. The number of rotatable bonds is 3. The van der Waals surface area contributed by atoms with Crippen molar-refractivity contribution >= 4 is 33.5 Å². The quantitative estimate of drug-likeness (QED) is 0.254. The first-order chi connectivity index (χ1) is 16.8. The number of carbonyl (C=O) groups excluding carboxylic acids is 1. The lowest BCUT2D eigenvalue weighted by Gasteiger charge is -2.39. The maximum absolute atomic E-state index is 13.6. The van der Waals surface area contributed by atoms with Crippen molar-refractivity contribution in [3.05, 3.63) is 99.8 Å². The number of benzene rings is 3. The van der Waals surface area contributed by atoms with Gasteiger partial charge in [0.2, 0.25) is 0 Å². The number of allylic oxidation sites excluding steroid dienone is 1. The number of hydrogen-bond donors (Lipinski definition) is 1. The van der Waals surface area contributed by atoms with Crippen LogP contribution in [0.25, 0.3) is 27.7 Å². The number of ketones is 1. The van der Waals surface area contributed by atoms with E-state index in [4.69, 9.17) is 4.42 Å². The van der Waals surface area contributed by atoms with Crippen LogP contribution in [0.5, 0.6) is 0 Å². The summed E-state index contributed by atoms with van der Waals surface area (Å²) in [5.41, 5.74) is 4.41. The van der Waals surface area contributed by atoms with Crippen LogP contribution in [0.2, 0.25) is 0 Å². The van der Waals surface area contributed by atoms with Crippen molar-refractivity contribution in [2.24, 2.45) is 5.41 Å². The molecule has 0 amide bonds. The fourth-order valence-corrected chi connectivity index (χ4v) is 5.49. The van der Waals surface area contributed by atoms with E-state index >= 15 is 0 Å². The maximum atomic E-state index is 13.6. The molecule has 0 spiro atoms. The van der Waals surface area contributed by atoms with Crippen LogP contribution in [0.3, 0.4) is 0 Å². The molecule has 3 aromatic carbocycles. The van der Waals surface area contributed by atoms with Gasteiger partial charge < -0.3 is 9.73 Å². The number of furan rings is 1. The van der Waals surface area contributed by atoms with Gasteiger partial charge in [-0.05, 0) is 46.4 Å². The molecule has 1 N–H and O–H groups in total. The van der Waals surface area contributed by atoms with E-state index in [1.807, 2.05) is 24.3 Å². The van der Waals surface area contributed by atoms with Gasteiger partial charge in [-0.15, -0.1) is 0 Å². The van der Waals surface area contributed by atoms with E-state index in [1.54, 1.807) is 12.1 Å². The topological polar surface area (TPSA) is 85.4 Å². The van der Waals surface area contributed by atoms with Crippen molar-refractivity contribution < 1.29 is 14.1 Å². The highest BCUT2D eigenvalue weighted by atomic mass is 16.6. The zero-order chi connectivity index (χ0) is 24.3. The fraction of sp³-hybridized carbons (Fsp3) is 0.207. The van der Waals surface area contributed by atoms with Crippen LogP contribution in [0, 0.1) is 15.5 Å². The summed E-state index contributed by atoms with van der Waals surface area (Å²) in [5.74, 6) is 1.27. The van der Waals surface area contributed by atoms with Crippen LogP contribution in [0.15, 0.2) is 82.8 Å². The maximum Gasteiger partial charge on any atom is 0.270 e. The highest BCUT2D eigenvalue weighted by Crippen LogP contribution is 2.52. The van der Waals surface area contributed by atoms with Gasteiger partial charge in [-0.25, -0.2) is 0 Å². The number of non-ortho nitro benzene ring substituents is 1. The summed E-state index contributed by atoms with van der Waals surface area (Å²) in [6, 6.07) is 22.0. The lowest BCUT2D eigenvalue weighted by molar-refractivity contribution is -0.384. The predicted octanol–water partition coefficient (Wildman–Crippen LogP) is 7.32. The Morgan fingerprint density at radius 3 is 2.66 bits per heavy atom. The molecule has 2 aliphatic rings. The summed E-state index contributed by atoms with van der Waals surface area (Å²) in [4.78, 5) is 24.4. The zero-order valence-corrected chi connectivity index (χ0v) is 19.5. The molecule has 1 aliphatic carbocycles. The first-order valence-electron chi connectivity index (χ1n) is 11.7. The highest BCUT2D eigenvalue weighted by molar-refractivity contribution is 6.12. The molecule has 0 unspecified atom stereocenters. The monoisotopic (exact) mass is 464 g/mol. The van der Waals surface area contributed by atoms with Gasteiger partial charge in [0.15, 0.2) is 5.78 Å². The number of carbonyl (C=O) groups is 1. The molecule has 1 atom stereocenters. The van der Waals surface area contributed by atoms with Crippen molar-refractivity contribution in [3.63, 3.8) is 0 Å². The average Bonchev–Trinajstić information content (AvgIpc) is 3.33. The predicted molar refractivity (Wildman–Crippen MR) is 136 cm³/mol. The summed E-state index contributed by atoms with van der Waals surface area (Å²) in [6.07, 6.45) is 1.27. The number of nitro benzene ring substituents is 1. The Labute approximate surface area is 202 Å². The summed E-state index contributed by atoms with van der Waals surface area (Å²) >= 11 is 0. The molecule has 6 rings (SSSR count). The zero-order valence-electron chi connectivity index (χ0n) is 19.5. The first-order valence-corrected chi connectivity index (χ1v) is 11.7. The third-order valence-electron chi connectivity index (χ3n) is 6.99. The summed E-state index contributed by atoms with van der Waals surface area (Å²) in [5, 5.41) is 17.1. The van der Waals surface area contributed by atoms with Crippen molar-refractivity contribution in [2.45, 2.75) is 32.7 Å². The number of nitrogens with one attached hydrogen (secondary N) is 1. The van der Waals surface area contributed by atoms with Gasteiger partial charge in [0.1, 0.15) is 17.6 Å². The molecule has 0 saturated heterocycles. The largest absolute Gasteiger partial charge is 0.459 e. The molecule has 1 aliphatic heterocycles. The van der Waals surface area contributed by atoms with E-state index in [0.717, 1.165) is 39.6 Å². The number of nitro groups is 1. The van der Waals surface area contributed by atoms with Gasteiger partial charge in [-0.3, -0.25) is 14.9 Å². The van der Waals surface area contributed by atoms with Gasteiger partial charge in [0, 0.05) is 40.9 Å². The summed E-state index contributed by atoms with van der Waals surface area (Å²) in [6.45, 7) is 4.29. The minimum atomic E-state index is -0.422. The average molecular weight is 465 g/mol. The van der Waals surface area contributed by atoms with Crippen LogP contribution in [-0.2, 0) is 4.79 Å². The van der Waals surface area contributed by atoms with Crippen molar-refractivity contribution in [1.29, 1.82) is 0 Å². The van der Waals surface area contributed by atoms with Crippen LogP contribution in [-0.4, -0.2) is 10.7 Å². The van der Waals surface area contributed by atoms with Gasteiger partial charge >= 0.3 is 0 Å². The Morgan fingerprint density at radius 1 is 1.00 bits per heavy atom. The van der Waals surface area contributed by atoms with E-state index < -0.39 is 11.0 Å². The molecular weight excluding hydrogens is 440 g/mol. The van der Waals surface area contributed by atoms with Crippen molar-refractivity contribution in [3.8, 4) is 11.3 Å². The van der Waals surface area contributed by atoms with Crippen molar-refractivity contribution in [1.82, 2.24) is 0 Å². The molecule has 0 fully saturated rings. The Hall–Kier alpha value is -4.19. The molecule has 6 nitrogen and oxygen atoms in total. The molecule has 1 aromatic heterocycles. The Kier molecular flexibility index (Phi) is 4.68. The van der Waals surface area contributed by atoms with Crippen LogP contribution in [0.1, 0.15) is 44.1 Å². The molecule has 0 saturated carbocycles. The molecule has 35 heavy (non-hydrogen) atoms. The molecule has 6 heteroatoms. The Bertz CT molecular complexity index is 1560. The lowest BCUT2D eigenvalue weighted by atomic mass is 9.68. The SMILES string of the molecule is CC1(C)CC(=O)C2=C(C1)c1c(ccc3ccccc13)N[C@H]2c1ccc(-c2cccc([N+](=O)[O-])c2)o1. The first kappa shape index (κ1) is 21.4. The molecule has 0 bridgehead atoms. The second-order valence-electron chi connectivity index (χ2n) is 10.1. The highest BCUT2D eigenvalue weighted by Gasteiger charge is 2.41. The second kappa shape index (κ2) is 7.67. The van der Waals surface area contributed by atoms with Gasteiger partial charge in [-0.1, -0.05) is 56.3 Å². The third-order valence-corrected chi connectivity index (χ3v) is 6.99. The standard InChI is InChI=1S/C29H24N2O4/c1-29(2)15-21-26-20-9-4-3-6-17(20)10-11-22(26)30-28(27(21)23(32)16-29)25-13-12-24(35-25)18-7-5-8-19(14-18)31(33)34/h3-14,28,30H,15-16H2,1-2H3/t28-/m0/s1. The molecule has 4 aromatic rings. The van der Waals surface area contributed by atoms with E-state index in [-0.39, 0.29) is 16.9 Å². The number of anilines is 1. The van der Waals surface area contributed by atoms with Crippen LogP contribution >= 0.6 is 0 Å². The van der Waals surface area contributed by atoms with Gasteiger partial charge in [0.25, 0.3) is 5.69 Å². The Balaban J connectivity index is 1.50. The van der Waals surface area contributed by atoms with E-state index in [0.29, 0.717) is 23.5 Å². The minimum Gasteiger partial charge on any atom is -0.459 e. The molecule has 174 valence electrons. The normalized spacial score (nSPS) is 18.7. The minimum absolute atomic E-state index is 0.00623. The van der Waals surface area contributed by atoms with Crippen LogP contribution < -0.4 is 5.32 Å².